The number of aryl methyl sites for hydroxylation is 1. The van der Waals surface area contributed by atoms with Crippen molar-refractivity contribution in [2.45, 2.75) is 26.1 Å². The van der Waals surface area contributed by atoms with E-state index in [1.165, 1.54) is 19.4 Å². The molecule has 26 heavy (non-hydrogen) atoms. The molecule has 0 aliphatic heterocycles. The van der Waals surface area contributed by atoms with Gasteiger partial charge in [0.15, 0.2) is 11.5 Å². The number of aromatic nitrogens is 1. The summed E-state index contributed by atoms with van der Waals surface area (Å²) < 4.78 is 51.5. The molecule has 1 aromatic carbocycles. The zero-order valence-electron chi connectivity index (χ0n) is 13.9. The Labute approximate surface area is 152 Å². The molecule has 0 fully saturated rings. The molecule has 0 atom stereocenters. The van der Waals surface area contributed by atoms with Gasteiger partial charge in [0.05, 0.1) is 12.7 Å². The van der Waals surface area contributed by atoms with Gasteiger partial charge in [-0.1, -0.05) is 13.3 Å². The topological polar surface area (TPSA) is 57.7 Å². The Hall–Kier alpha value is -2.48. The maximum absolute atomic E-state index is 12.3. The summed E-state index contributed by atoms with van der Waals surface area (Å²) in [6.07, 6.45) is -2.05. The van der Waals surface area contributed by atoms with Crippen molar-refractivity contribution >= 4 is 16.8 Å². The fraction of sp³-hybridized carbons (Fsp3) is 0.294. The van der Waals surface area contributed by atoms with Crippen LogP contribution >= 0.6 is 11.6 Å². The average Bonchev–Trinajstić information content (AvgIpc) is 2.55. The molecule has 0 bridgehead atoms. The van der Waals surface area contributed by atoms with Crippen LogP contribution in [0.25, 0.3) is 0 Å². The number of ether oxygens (including phenoxy) is 3. The molecular formula is C17H15ClF3NO4. The zero-order valence-corrected chi connectivity index (χ0v) is 14.6. The molecular weight excluding hydrogens is 375 g/mol. The number of carbonyl (C=O) groups is 1. The van der Waals surface area contributed by atoms with Crippen LogP contribution in [0.5, 0.6) is 23.0 Å². The summed E-state index contributed by atoms with van der Waals surface area (Å²) in [7, 11) is 1.27. The molecule has 0 N–H and O–H groups in total. The van der Waals surface area contributed by atoms with E-state index in [0.717, 1.165) is 18.6 Å². The smallest absolute Gasteiger partial charge is 0.493 e. The quantitative estimate of drug-likeness (QED) is 0.616. The van der Waals surface area contributed by atoms with E-state index in [1.54, 1.807) is 6.07 Å². The van der Waals surface area contributed by atoms with Gasteiger partial charge in [-0.2, -0.15) is 0 Å². The lowest BCUT2D eigenvalue weighted by molar-refractivity contribution is -0.274. The first-order valence-electron chi connectivity index (χ1n) is 7.54. The van der Waals surface area contributed by atoms with E-state index in [4.69, 9.17) is 21.1 Å². The van der Waals surface area contributed by atoms with E-state index in [0.29, 0.717) is 12.1 Å². The van der Waals surface area contributed by atoms with Crippen LogP contribution in [0.2, 0.25) is 0 Å². The van der Waals surface area contributed by atoms with Gasteiger partial charge in [-0.3, -0.25) is 9.78 Å². The number of hydrogen-bond donors (Lipinski definition) is 0. The monoisotopic (exact) mass is 389 g/mol. The highest BCUT2D eigenvalue weighted by Crippen LogP contribution is 2.37. The van der Waals surface area contributed by atoms with E-state index in [9.17, 15) is 18.0 Å². The number of alkyl halides is 3. The third-order valence-corrected chi connectivity index (χ3v) is 3.43. The summed E-state index contributed by atoms with van der Waals surface area (Å²) in [5.74, 6) is -0.244. The molecule has 1 heterocycles. The van der Waals surface area contributed by atoms with Crippen LogP contribution in [0.15, 0.2) is 30.5 Å². The van der Waals surface area contributed by atoms with Crippen molar-refractivity contribution in [3.63, 3.8) is 0 Å². The predicted molar refractivity (Wildman–Crippen MR) is 88.2 cm³/mol. The molecule has 5 nitrogen and oxygen atoms in total. The summed E-state index contributed by atoms with van der Waals surface area (Å²) in [5, 5.41) is -0.772. The third-order valence-electron chi connectivity index (χ3n) is 3.23. The Balaban J connectivity index is 2.37. The number of benzene rings is 1. The number of rotatable bonds is 7. The van der Waals surface area contributed by atoms with Crippen molar-refractivity contribution in [3.05, 3.63) is 41.7 Å². The van der Waals surface area contributed by atoms with Gasteiger partial charge in [0.25, 0.3) is 5.24 Å². The predicted octanol–water partition coefficient (Wildman–Crippen LogP) is 5.11. The third kappa shape index (κ3) is 5.26. The minimum absolute atomic E-state index is 0.00595. The van der Waals surface area contributed by atoms with Gasteiger partial charge >= 0.3 is 6.36 Å². The van der Waals surface area contributed by atoms with Crippen LogP contribution in [0.4, 0.5) is 13.2 Å². The van der Waals surface area contributed by atoms with Crippen molar-refractivity contribution in [2.75, 3.05) is 7.11 Å². The number of carbonyl (C=O) groups excluding carboxylic acids is 1. The van der Waals surface area contributed by atoms with Gasteiger partial charge in [0.2, 0.25) is 0 Å². The van der Waals surface area contributed by atoms with Crippen LogP contribution in [-0.4, -0.2) is 23.7 Å². The highest BCUT2D eigenvalue weighted by molar-refractivity contribution is 6.68. The number of hydrogen-bond acceptors (Lipinski definition) is 5. The lowest BCUT2D eigenvalue weighted by atomic mass is 10.2. The van der Waals surface area contributed by atoms with Crippen molar-refractivity contribution in [2.24, 2.45) is 0 Å². The van der Waals surface area contributed by atoms with E-state index < -0.39 is 17.4 Å². The second-order valence-corrected chi connectivity index (χ2v) is 5.50. The number of pyridine rings is 1. The SMILES string of the molecule is CCCc1cc(Oc2ccc(OC(F)(F)F)cc2OC)c(C(=O)Cl)cn1. The Kier molecular flexibility index (Phi) is 6.31. The van der Waals surface area contributed by atoms with Gasteiger partial charge in [-0.15, -0.1) is 13.2 Å². The van der Waals surface area contributed by atoms with Crippen LogP contribution < -0.4 is 14.2 Å². The minimum Gasteiger partial charge on any atom is -0.493 e. The second kappa shape index (κ2) is 8.27. The molecule has 1 aromatic heterocycles. The molecule has 9 heteroatoms. The normalized spacial score (nSPS) is 11.2. The zero-order chi connectivity index (χ0) is 19.3. The summed E-state index contributed by atoms with van der Waals surface area (Å²) >= 11 is 5.54. The van der Waals surface area contributed by atoms with E-state index >= 15 is 0 Å². The molecule has 0 aliphatic rings. The molecule has 0 unspecified atom stereocenters. The fourth-order valence-electron chi connectivity index (χ4n) is 2.15. The van der Waals surface area contributed by atoms with Crippen LogP contribution in [0.3, 0.4) is 0 Å². The van der Waals surface area contributed by atoms with Gasteiger partial charge in [0, 0.05) is 24.0 Å². The van der Waals surface area contributed by atoms with Gasteiger partial charge in [-0.25, -0.2) is 0 Å². The molecule has 2 aromatic rings. The second-order valence-electron chi connectivity index (χ2n) is 5.16. The lowest BCUT2D eigenvalue weighted by Gasteiger charge is -2.15. The molecule has 0 amide bonds. The van der Waals surface area contributed by atoms with E-state index in [1.807, 2.05) is 6.92 Å². The van der Waals surface area contributed by atoms with Crippen LogP contribution in [0, 0.1) is 0 Å². The van der Waals surface area contributed by atoms with Crippen LogP contribution in [0.1, 0.15) is 29.4 Å². The largest absolute Gasteiger partial charge is 0.573 e. The van der Waals surface area contributed by atoms with Gasteiger partial charge in [-0.05, 0) is 30.2 Å². The van der Waals surface area contributed by atoms with Crippen LogP contribution in [-0.2, 0) is 6.42 Å². The van der Waals surface area contributed by atoms with E-state index in [2.05, 4.69) is 9.72 Å². The number of halogens is 4. The summed E-state index contributed by atoms with van der Waals surface area (Å²) in [5.41, 5.74) is 0.712. The summed E-state index contributed by atoms with van der Waals surface area (Å²) in [6.45, 7) is 1.96. The molecule has 0 aliphatic carbocycles. The Morgan fingerprint density at radius 1 is 1.19 bits per heavy atom. The van der Waals surface area contributed by atoms with Crippen molar-refractivity contribution < 1.29 is 32.2 Å². The van der Waals surface area contributed by atoms with E-state index in [-0.39, 0.29) is 22.8 Å². The van der Waals surface area contributed by atoms with Crippen molar-refractivity contribution in [1.29, 1.82) is 0 Å². The minimum atomic E-state index is -4.83. The van der Waals surface area contributed by atoms with Gasteiger partial charge in [0.1, 0.15) is 11.5 Å². The molecule has 140 valence electrons. The number of methoxy groups -OCH3 is 1. The molecule has 0 saturated heterocycles. The van der Waals surface area contributed by atoms with Crippen molar-refractivity contribution in [3.8, 4) is 23.0 Å². The number of nitrogens with zero attached hydrogens (tertiary/aromatic N) is 1. The maximum Gasteiger partial charge on any atom is 0.573 e. The van der Waals surface area contributed by atoms with Gasteiger partial charge < -0.3 is 14.2 Å². The lowest BCUT2D eigenvalue weighted by Crippen LogP contribution is -2.17. The average molecular weight is 390 g/mol. The first-order valence-corrected chi connectivity index (χ1v) is 7.91. The maximum atomic E-state index is 12.3. The van der Waals surface area contributed by atoms with Crippen molar-refractivity contribution in [1.82, 2.24) is 4.98 Å². The Bertz CT molecular complexity index is 796. The molecule has 2 rings (SSSR count). The molecule has 0 spiro atoms. The highest BCUT2D eigenvalue weighted by Gasteiger charge is 2.31. The first kappa shape index (κ1) is 19.8. The standard InChI is InChI=1S/C17H15ClF3NO4/c1-3-4-10-7-14(12(9-22-10)16(18)23)25-13-6-5-11(8-15(13)24-2)26-17(19,20)21/h5-9H,3-4H2,1-2H3. The molecule has 0 saturated carbocycles. The molecule has 0 radical (unpaired) electrons. The summed E-state index contributed by atoms with van der Waals surface area (Å²) in [4.78, 5) is 15.7. The first-order chi connectivity index (χ1) is 12.2. The summed E-state index contributed by atoms with van der Waals surface area (Å²) in [6, 6.07) is 4.89. The Morgan fingerprint density at radius 3 is 2.50 bits per heavy atom. The fourth-order valence-corrected chi connectivity index (χ4v) is 2.29. The highest BCUT2D eigenvalue weighted by atomic mass is 35.5. The Morgan fingerprint density at radius 2 is 1.92 bits per heavy atom.